The van der Waals surface area contributed by atoms with Crippen LogP contribution in [0.25, 0.3) is 17.0 Å². The molecule has 0 saturated carbocycles. The maximum atomic E-state index is 14.7. The van der Waals surface area contributed by atoms with E-state index >= 15 is 0 Å². The normalized spacial score (nSPS) is 29.5. The number of aliphatic hydroxyl groups is 1. The Balaban J connectivity index is 1.64. The monoisotopic (exact) mass is 941 g/mol. The van der Waals surface area contributed by atoms with Gasteiger partial charge < -0.3 is 49.2 Å². The van der Waals surface area contributed by atoms with Crippen LogP contribution in [0.2, 0.25) is 0 Å². The molecule has 0 radical (unpaired) electrons. The van der Waals surface area contributed by atoms with E-state index < -0.39 is 101 Å². The Bertz CT molecular complexity index is 2300. The lowest BCUT2D eigenvalue weighted by Crippen LogP contribution is -2.61. The van der Waals surface area contributed by atoms with Gasteiger partial charge in [-0.15, -0.1) is 0 Å². The summed E-state index contributed by atoms with van der Waals surface area (Å²) < 4.78 is 37.6. The molecule has 2 aromatic heterocycles. The molecule has 1 amide bonds. The maximum absolute atomic E-state index is 14.7. The summed E-state index contributed by atoms with van der Waals surface area (Å²) in [5.41, 5.74) is -2.13. The van der Waals surface area contributed by atoms with E-state index in [1.807, 2.05) is 62.3 Å². The molecular formula is C51H67N5O12. The molecule has 2 aliphatic heterocycles. The van der Waals surface area contributed by atoms with Crippen molar-refractivity contribution in [3.05, 3.63) is 90.4 Å². The van der Waals surface area contributed by atoms with E-state index in [-0.39, 0.29) is 44.3 Å². The smallest absolute Gasteiger partial charge is 0.408 e. The molecule has 3 N–H and O–H groups in total. The van der Waals surface area contributed by atoms with Crippen molar-refractivity contribution < 1.29 is 57.5 Å². The van der Waals surface area contributed by atoms with Crippen LogP contribution in [0.15, 0.2) is 79.3 Å². The van der Waals surface area contributed by atoms with Crippen molar-refractivity contribution in [2.45, 2.75) is 135 Å². The number of ether oxygens (including phenoxy) is 6. The van der Waals surface area contributed by atoms with Crippen LogP contribution in [0.5, 0.6) is 0 Å². The molecule has 2 saturated heterocycles. The summed E-state index contributed by atoms with van der Waals surface area (Å²) in [6.07, 6.45) is 0.0905. The van der Waals surface area contributed by atoms with Crippen molar-refractivity contribution in [3.63, 3.8) is 0 Å². The highest BCUT2D eigenvalue weighted by Gasteiger charge is 2.54. The predicted molar refractivity (Wildman–Crippen MR) is 253 cm³/mol. The molecule has 2 fully saturated rings. The number of aromatic nitrogens is 2. The van der Waals surface area contributed by atoms with Crippen LogP contribution >= 0.6 is 0 Å². The largest absolute Gasteiger partial charge is 0.461 e. The second-order valence-electron chi connectivity index (χ2n) is 18.3. The van der Waals surface area contributed by atoms with Crippen molar-refractivity contribution in [1.29, 1.82) is 5.41 Å². The number of alkyl carbamates (subject to hydrolysis) is 1. The zero-order valence-corrected chi connectivity index (χ0v) is 40.5. The number of para-hydroxylation sites is 1. The number of fused-ring (bicyclic) bond motifs is 1. The Morgan fingerprint density at radius 1 is 1.06 bits per heavy atom. The highest BCUT2D eigenvalue weighted by atomic mass is 16.7. The number of rotatable bonds is 14. The van der Waals surface area contributed by atoms with Crippen LogP contribution < -0.4 is 5.32 Å². The molecule has 0 aliphatic carbocycles. The minimum absolute atomic E-state index is 0.00769. The molecule has 0 bridgehead atoms. The van der Waals surface area contributed by atoms with Gasteiger partial charge in [0, 0.05) is 54.0 Å². The van der Waals surface area contributed by atoms with Crippen LogP contribution in [0.3, 0.4) is 0 Å². The number of aliphatic hydroxyl groups excluding tert-OH is 1. The highest BCUT2D eigenvalue weighted by molar-refractivity contribution is 6.23. The molecule has 0 spiro atoms. The summed E-state index contributed by atoms with van der Waals surface area (Å²) in [5, 5.41) is 24.8. The zero-order chi connectivity index (χ0) is 49.9. The summed E-state index contributed by atoms with van der Waals surface area (Å²) in [6.45, 7) is 15.6. The van der Waals surface area contributed by atoms with Crippen LogP contribution in [0, 0.1) is 23.2 Å². The zero-order valence-electron chi connectivity index (χ0n) is 40.5. The summed E-state index contributed by atoms with van der Waals surface area (Å²) >= 11 is 0. The van der Waals surface area contributed by atoms with Gasteiger partial charge >= 0.3 is 18.0 Å². The minimum atomic E-state index is -1.86. The Kier molecular flexibility index (Phi) is 18.3. The van der Waals surface area contributed by atoms with E-state index in [1.165, 1.54) is 13.1 Å². The van der Waals surface area contributed by atoms with Gasteiger partial charge in [-0.05, 0) is 89.9 Å². The summed E-state index contributed by atoms with van der Waals surface area (Å²) in [7, 11) is 3.63. The van der Waals surface area contributed by atoms with Crippen molar-refractivity contribution in [2.75, 3.05) is 20.6 Å². The number of amides is 1. The number of hydrogen-bond acceptors (Lipinski definition) is 16. The summed E-state index contributed by atoms with van der Waals surface area (Å²) in [4.78, 5) is 79.8. The number of carbonyl (C=O) groups excluding carboxylic acids is 5. The lowest BCUT2D eigenvalue weighted by Gasteiger charge is -2.48. The second-order valence-corrected chi connectivity index (χ2v) is 18.3. The van der Waals surface area contributed by atoms with Gasteiger partial charge in [0.25, 0.3) is 6.47 Å². The quantitative estimate of drug-likeness (QED) is 0.0709. The molecule has 368 valence electrons. The lowest BCUT2D eigenvalue weighted by molar-refractivity contribution is -0.298. The fraction of sp³-hybridized carbons (Fsp3) is 0.529. The molecule has 4 heterocycles. The molecule has 17 nitrogen and oxygen atoms in total. The second kappa shape index (κ2) is 23.4. The molecule has 1 aromatic carbocycles. The first-order valence-electron chi connectivity index (χ1n) is 23.1. The van der Waals surface area contributed by atoms with Crippen LogP contribution in [-0.2, 0) is 54.0 Å². The van der Waals surface area contributed by atoms with Gasteiger partial charge in [0.2, 0.25) is 0 Å². The van der Waals surface area contributed by atoms with Crippen LogP contribution in [-0.4, -0.2) is 131 Å². The molecular weight excluding hydrogens is 875 g/mol. The number of benzene rings is 1. The highest BCUT2D eigenvalue weighted by Crippen LogP contribution is 2.41. The Morgan fingerprint density at radius 3 is 2.44 bits per heavy atom. The molecule has 5 rings (SSSR count). The van der Waals surface area contributed by atoms with E-state index in [4.69, 9.17) is 28.4 Å². The van der Waals surface area contributed by atoms with Crippen LogP contribution in [0.4, 0.5) is 4.79 Å². The number of hydrogen-bond donors (Lipinski definition) is 3. The van der Waals surface area contributed by atoms with E-state index in [1.54, 1.807) is 65.2 Å². The van der Waals surface area contributed by atoms with Gasteiger partial charge in [0.05, 0.1) is 29.7 Å². The van der Waals surface area contributed by atoms with Crippen molar-refractivity contribution in [3.8, 4) is 0 Å². The first-order valence-corrected chi connectivity index (χ1v) is 23.1. The number of likely N-dealkylation sites (N-methyl/N-ethyl adjacent to an activating group) is 1. The number of Topliss-reactive ketones (excluding diaryl/α,β-unsaturated/α-hetero) is 1. The third kappa shape index (κ3) is 12.4. The standard InChI is InChI=1S/C51H67N5O12/c1-11-51(12-2)46(63-29-57)41(52)32(5)42(59)30(3)27-50(8,68-49(62)55-23-16-18-36-21-24-54-38-20-14-13-19-37(36)38)45(66-48-43(60)39(56(9)10)25-31(4)64-48)33(6)44(34(7)47(61)67-51)65-40(58)26-35-17-15-22-53-28-35/h13-22,24,28-31,33-34,39,43-46,48,52,60H,5,11-12,23,25-27H2,1-4,6-10H3,(H,55,62)/b18-16+,52-41?/t30-,31-,33+,34-,39+,43-,44+,45-,46+,48+,50-/m1/s1. The number of esters is 2. The van der Waals surface area contributed by atoms with Crippen molar-refractivity contribution in [2.24, 2.45) is 17.8 Å². The van der Waals surface area contributed by atoms with E-state index in [0.29, 0.717) is 12.0 Å². The SMILES string of the molecule is C=C1C(=N)[C@H](OC=O)C(CC)(CC)OC(=O)[C@H](C)[C@@H](OC(=O)Cc2cccnc2)[C@H](C)[C@@H](O[C@@H]2O[C@H](C)C[C@H](N(C)C)[C@H]2O)[C@](C)(OC(=O)NC/C=C/c2ccnc3ccccc23)C[C@@H](C)C1=O. The summed E-state index contributed by atoms with van der Waals surface area (Å²) in [5.74, 6) is -5.73. The molecule has 3 aromatic rings. The van der Waals surface area contributed by atoms with Gasteiger partial charge in [-0.25, -0.2) is 4.79 Å². The number of nitrogens with zero attached hydrogens (tertiary/aromatic N) is 3. The Morgan fingerprint density at radius 2 is 1.78 bits per heavy atom. The fourth-order valence-corrected chi connectivity index (χ4v) is 9.42. The number of nitrogens with one attached hydrogen (secondary N) is 2. The Labute approximate surface area is 398 Å². The van der Waals surface area contributed by atoms with E-state index in [2.05, 4.69) is 21.9 Å². The molecule has 11 atom stereocenters. The molecule has 2 aliphatic rings. The van der Waals surface area contributed by atoms with Gasteiger partial charge in [0.15, 0.2) is 23.8 Å². The maximum Gasteiger partial charge on any atom is 0.408 e. The van der Waals surface area contributed by atoms with Gasteiger partial charge in [-0.1, -0.05) is 70.7 Å². The molecule has 68 heavy (non-hydrogen) atoms. The van der Waals surface area contributed by atoms with E-state index in [0.717, 1.165) is 16.5 Å². The average Bonchev–Trinajstić information content (AvgIpc) is 3.31. The predicted octanol–water partition coefficient (Wildman–Crippen LogP) is 6.19. The third-order valence-corrected chi connectivity index (χ3v) is 13.2. The Hall–Kier alpha value is -5.88. The minimum Gasteiger partial charge on any atom is -0.461 e. The first kappa shape index (κ1) is 53.1. The van der Waals surface area contributed by atoms with E-state index in [9.17, 15) is 34.5 Å². The molecule has 0 unspecified atom stereocenters. The third-order valence-electron chi connectivity index (χ3n) is 13.2. The van der Waals surface area contributed by atoms with Crippen LogP contribution in [0.1, 0.15) is 85.3 Å². The van der Waals surface area contributed by atoms with Gasteiger partial charge in [-0.3, -0.25) is 29.1 Å². The summed E-state index contributed by atoms with van der Waals surface area (Å²) in [6, 6.07) is 12.4. The number of ketones is 1. The average molecular weight is 942 g/mol. The first-order chi connectivity index (χ1) is 32.3. The van der Waals surface area contributed by atoms with Crippen molar-refractivity contribution in [1.82, 2.24) is 20.2 Å². The molecule has 17 heteroatoms. The van der Waals surface area contributed by atoms with Crippen molar-refractivity contribution >= 4 is 53.0 Å². The number of pyridine rings is 2. The lowest BCUT2D eigenvalue weighted by atomic mass is 9.75. The van der Waals surface area contributed by atoms with Gasteiger partial charge in [0.1, 0.15) is 23.9 Å². The number of carbonyl (C=O) groups is 5. The number of cyclic esters (lactones) is 1. The van der Waals surface area contributed by atoms with Gasteiger partial charge in [-0.2, -0.15) is 0 Å². The fourth-order valence-electron chi connectivity index (χ4n) is 9.42. The topological polar surface area (TPSA) is 226 Å².